The zero-order valence-corrected chi connectivity index (χ0v) is 51.5. The van der Waals surface area contributed by atoms with E-state index >= 15 is 0 Å². The van der Waals surface area contributed by atoms with Crippen LogP contribution in [0.1, 0.15) is 127 Å². The summed E-state index contributed by atoms with van der Waals surface area (Å²) in [4.78, 5) is 8.20. The predicted molar refractivity (Wildman–Crippen MR) is 360 cm³/mol. The van der Waals surface area contributed by atoms with Crippen LogP contribution in [0.15, 0.2) is 212 Å². The van der Waals surface area contributed by atoms with Crippen molar-refractivity contribution in [1.82, 2.24) is 0 Å². The Kier molecular flexibility index (Phi) is 12.2. The highest BCUT2D eigenvalue weighted by Gasteiger charge is 2.61. The molecule has 0 fully saturated rings. The average molecular weight is 1090 g/mol. The van der Waals surface area contributed by atoms with Gasteiger partial charge in [-0.25, -0.2) is 0 Å². The molecule has 416 valence electrons. The SMILES string of the molecule is Cc1cc(C)c2c(c1)C1(C)CCc3ccccc3C1(C)N2c1cc2c3c(c1)N(c1ccc(C(C)(C)C)cc1-c1ccccc1)c1ccc(C(C)(C)C)cc1B3c1cc(-c3ccccc3)ccc1N2c1ccc(C(C)(C)C)cc1-c1ccccc1. The lowest BCUT2D eigenvalue weighted by Crippen LogP contribution is -2.61. The Bertz CT molecular complexity index is 4250. The minimum atomic E-state index is -0.447. The molecule has 3 aliphatic heterocycles. The van der Waals surface area contributed by atoms with Crippen molar-refractivity contribution in [2.45, 2.75) is 130 Å². The molecule has 14 rings (SSSR count). The van der Waals surface area contributed by atoms with Crippen molar-refractivity contribution in [2.75, 3.05) is 14.7 Å². The summed E-state index contributed by atoms with van der Waals surface area (Å²) in [5, 5.41) is 0. The number of anilines is 8. The summed E-state index contributed by atoms with van der Waals surface area (Å²) in [6.07, 6.45) is 2.09. The summed E-state index contributed by atoms with van der Waals surface area (Å²) < 4.78 is 0. The normalized spacial score (nSPS) is 17.7. The molecule has 2 unspecified atom stereocenters. The largest absolute Gasteiger partial charge is 0.330 e. The van der Waals surface area contributed by atoms with Gasteiger partial charge in [0.2, 0.25) is 0 Å². The van der Waals surface area contributed by atoms with Gasteiger partial charge in [0, 0.05) is 50.7 Å². The van der Waals surface area contributed by atoms with Crippen LogP contribution in [0, 0.1) is 13.8 Å². The molecule has 1 aliphatic carbocycles. The topological polar surface area (TPSA) is 9.72 Å². The van der Waals surface area contributed by atoms with E-state index in [1.54, 1.807) is 0 Å². The van der Waals surface area contributed by atoms with Crippen molar-refractivity contribution in [3.8, 4) is 33.4 Å². The first-order chi connectivity index (χ1) is 40.1. The Morgan fingerprint density at radius 2 is 0.869 bits per heavy atom. The third-order valence-electron chi connectivity index (χ3n) is 19.9. The Hall–Kier alpha value is -8.34. The van der Waals surface area contributed by atoms with Gasteiger partial charge in [-0.1, -0.05) is 239 Å². The highest BCUT2D eigenvalue weighted by Crippen LogP contribution is 2.65. The van der Waals surface area contributed by atoms with E-state index in [1.807, 2.05) is 0 Å². The second kappa shape index (κ2) is 19.1. The van der Waals surface area contributed by atoms with Gasteiger partial charge in [0.05, 0.1) is 16.9 Å². The lowest BCUT2D eigenvalue weighted by molar-refractivity contribution is 0.245. The van der Waals surface area contributed by atoms with Gasteiger partial charge in [0.15, 0.2) is 0 Å². The van der Waals surface area contributed by atoms with E-state index in [0.717, 1.165) is 18.5 Å². The number of fused-ring (bicyclic) bond motifs is 9. The number of hydrogen-bond donors (Lipinski definition) is 0. The molecule has 0 bridgehead atoms. The summed E-state index contributed by atoms with van der Waals surface area (Å²) in [6, 6.07) is 82.4. The molecule has 0 amide bonds. The molecular weight excluding hydrogens is 1010 g/mol. The van der Waals surface area contributed by atoms with Crippen LogP contribution in [-0.4, -0.2) is 6.71 Å². The van der Waals surface area contributed by atoms with E-state index in [1.165, 1.54) is 134 Å². The lowest BCUT2D eigenvalue weighted by Gasteiger charge is -2.52. The Morgan fingerprint density at radius 3 is 1.40 bits per heavy atom. The van der Waals surface area contributed by atoms with Gasteiger partial charge in [-0.2, -0.15) is 0 Å². The number of hydrogen-bond acceptors (Lipinski definition) is 3. The maximum absolute atomic E-state index is 2.82. The number of aryl methyl sites for hydroxylation is 3. The van der Waals surface area contributed by atoms with E-state index in [-0.39, 0.29) is 28.4 Å². The van der Waals surface area contributed by atoms with E-state index in [9.17, 15) is 0 Å². The molecule has 3 nitrogen and oxygen atoms in total. The first-order valence-electron chi connectivity index (χ1n) is 30.7. The van der Waals surface area contributed by atoms with Crippen LogP contribution in [0.5, 0.6) is 0 Å². The van der Waals surface area contributed by atoms with E-state index in [2.05, 4.69) is 317 Å². The maximum atomic E-state index is 2.82. The van der Waals surface area contributed by atoms with Crippen molar-refractivity contribution in [2.24, 2.45) is 0 Å². The molecular formula is C80H78BN3. The number of benzene rings is 10. The second-order valence-electron chi connectivity index (χ2n) is 28.2. The third-order valence-corrected chi connectivity index (χ3v) is 19.9. The van der Waals surface area contributed by atoms with Gasteiger partial charge in [-0.15, -0.1) is 0 Å². The molecule has 0 saturated heterocycles. The highest BCUT2D eigenvalue weighted by atomic mass is 15.3. The zero-order valence-electron chi connectivity index (χ0n) is 51.5. The zero-order chi connectivity index (χ0) is 58.4. The van der Waals surface area contributed by atoms with Gasteiger partial charge in [-0.3, -0.25) is 0 Å². The molecule has 84 heavy (non-hydrogen) atoms. The van der Waals surface area contributed by atoms with Gasteiger partial charge >= 0.3 is 0 Å². The fraction of sp³-hybridized carbons (Fsp3) is 0.250. The van der Waals surface area contributed by atoms with Crippen LogP contribution in [0.2, 0.25) is 0 Å². The fourth-order valence-corrected chi connectivity index (χ4v) is 15.2. The monoisotopic (exact) mass is 1090 g/mol. The first-order valence-corrected chi connectivity index (χ1v) is 30.7. The molecule has 3 heterocycles. The second-order valence-corrected chi connectivity index (χ2v) is 28.2. The molecule has 4 heteroatoms. The summed E-state index contributed by atoms with van der Waals surface area (Å²) >= 11 is 0. The molecule has 2 atom stereocenters. The molecule has 0 saturated carbocycles. The molecule has 0 aromatic heterocycles. The van der Waals surface area contributed by atoms with Crippen molar-refractivity contribution in [3.05, 3.63) is 257 Å². The lowest BCUT2D eigenvalue weighted by atomic mass is 9.33. The van der Waals surface area contributed by atoms with Crippen LogP contribution in [0.3, 0.4) is 0 Å². The Balaban J connectivity index is 1.18. The van der Waals surface area contributed by atoms with Crippen LogP contribution in [-0.2, 0) is 33.6 Å². The van der Waals surface area contributed by atoms with E-state index < -0.39 is 5.54 Å². The number of nitrogens with zero attached hydrogens (tertiary/aromatic N) is 3. The minimum absolute atomic E-state index is 0.0783. The molecule has 10 aromatic rings. The molecule has 0 spiro atoms. The summed E-state index contributed by atoms with van der Waals surface area (Å²) in [5.74, 6) is 0. The van der Waals surface area contributed by atoms with Crippen LogP contribution < -0.4 is 31.1 Å². The fourth-order valence-electron chi connectivity index (χ4n) is 15.2. The quantitative estimate of drug-likeness (QED) is 0.154. The minimum Gasteiger partial charge on any atom is -0.330 e. The standard InChI is InChI=1S/C80H78BN3/c1-51-43-52(2)75-65(44-51)79(12)42-41-56-31-23-24-32-64(56)80(79,13)84(75)61-49-72-74-73(50-61)83(69-39-35-59(77(6,7)8)47-63(69)55-29-21-16-22-30-55)71-40-36-60(78(9,10)11)48-67(71)81(74)66-45-57(53-25-17-14-18-26-53)33-37-70(66)82(72)68-38-34-58(76(3,4)5)46-62(68)54-27-19-15-20-28-54/h14-40,43-50H,41-42H2,1-13H3. The summed E-state index contributed by atoms with van der Waals surface area (Å²) in [6.45, 7) is 30.8. The molecule has 4 aliphatic rings. The van der Waals surface area contributed by atoms with Gasteiger partial charge in [0.25, 0.3) is 6.71 Å². The van der Waals surface area contributed by atoms with Crippen molar-refractivity contribution < 1.29 is 0 Å². The Morgan fingerprint density at radius 1 is 0.405 bits per heavy atom. The van der Waals surface area contributed by atoms with E-state index in [0.29, 0.717) is 0 Å². The Labute approximate surface area is 500 Å². The van der Waals surface area contributed by atoms with Crippen LogP contribution >= 0.6 is 0 Å². The number of rotatable bonds is 6. The van der Waals surface area contributed by atoms with E-state index in [4.69, 9.17) is 0 Å². The molecule has 10 aromatic carbocycles. The highest BCUT2D eigenvalue weighted by molar-refractivity contribution is 7.00. The first kappa shape index (κ1) is 53.7. The molecule has 0 radical (unpaired) electrons. The average Bonchev–Trinajstić information content (AvgIpc) is 1.46. The summed E-state index contributed by atoms with van der Waals surface area (Å²) in [5.41, 5.74) is 30.8. The van der Waals surface area contributed by atoms with Crippen LogP contribution in [0.25, 0.3) is 33.4 Å². The van der Waals surface area contributed by atoms with Crippen molar-refractivity contribution in [3.63, 3.8) is 0 Å². The van der Waals surface area contributed by atoms with Crippen molar-refractivity contribution in [1.29, 1.82) is 0 Å². The summed E-state index contributed by atoms with van der Waals surface area (Å²) in [7, 11) is 0. The van der Waals surface area contributed by atoms with Crippen molar-refractivity contribution >= 4 is 68.6 Å². The smallest absolute Gasteiger partial charge is 0.252 e. The molecule has 0 N–H and O–H groups in total. The maximum Gasteiger partial charge on any atom is 0.252 e. The van der Waals surface area contributed by atoms with Crippen LogP contribution in [0.4, 0.5) is 45.5 Å². The van der Waals surface area contributed by atoms with Gasteiger partial charge < -0.3 is 14.7 Å². The third kappa shape index (κ3) is 8.21. The predicted octanol–water partition coefficient (Wildman–Crippen LogP) is 19.6. The van der Waals surface area contributed by atoms with Gasteiger partial charge in [0.1, 0.15) is 0 Å². The van der Waals surface area contributed by atoms with Gasteiger partial charge in [-0.05, 0) is 176 Å².